The van der Waals surface area contributed by atoms with Gasteiger partial charge in [0, 0.05) is 26.5 Å². The minimum absolute atomic E-state index is 0.0483. The van der Waals surface area contributed by atoms with Gasteiger partial charge in [-0.05, 0) is 12.1 Å². The Labute approximate surface area is 156 Å². The number of para-hydroxylation sites is 1. The molecule has 0 saturated heterocycles. The number of carbonyl (C=O) groups is 1. The maximum atomic E-state index is 13.6. The number of amides is 1. The molecule has 0 radical (unpaired) electrons. The summed E-state index contributed by atoms with van der Waals surface area (Å²) in [4.78, 5) is 21.5. The van der Waals surface area contributed by atoms with Crippen LogP contribution in [-0.4, -0.2) is 43.7 Å². The zero-order valence-corrected chi connectivity index (χ0v) is 15.4. The predicted molar refractivity (Wildman–Crippen MR) is 93.9 cm³/mol. The SMILES string of the molecule is CN(Cc1nc2ccccc2s1)C(=O)C[C@](O)(c1nccn1C)C(F)(F)F. The van der Waals surface area contributed by atoms with E-state index in [1.807, 2.05) is 24.3 Å². The van der Waals surface area contributed by atoms with Crippen molar-refractivity contribution < 1.29 is 23.1 Å². The van der Waals surface area contributed by atoms with Crippen molar-refractivity contribution in [1.29, 1.82) is 0 Å². The van der Waals surface area contributed by atoms with Crippen LogP contribution in [0.3, 0.4) is 0 Å². The average molecular weight is 398 g/mol. The van der Waals surface area contributed by atoms with Gasteiger partial charge in [0.1, 0.15) is 5.01 Å². The molecule has 1 atom stereocenters. The summed E-state index contributed by atoms with van der Waals surface area (Å²) in [6.07, 6.45) is -3.80. The number of hydrogen-bond donors (Lipinski definition) is 1. The number of thiazole rings is 1. The Hall–Kier alpha value is -2.46. The normalized spacial score (nSPS) is 14.3. The van der Waals surface area contributed by atoms with E-state index in [1.165, 1.54) is 31.6 Å². The molecule has 0 fully saturated rings. The van der Waals surface area contributed by atoms with Gasteiger partial charge in [-0.1, -0.05) is 12.1 Å². The maximum absolute atomic E-state index is 13.6. The molecular formula is C17H17F3N4O2S. The van der Waals surface area contributed by atoms with E-state index < -0.39 is 29.9 Å². The van der Waals surface area contributed by atoms with Crippen molar-refractivity contribution in [2.75, 3.05) is 7.05 Å². The van der Waals surface area contributed by atoms with Crippen molar-refractivity contribution in [2.45, 2.75) is 24.7 Å². The van der Waals surface area contributed by atoms with Crippen LogP contribution in [0.25, 0.3) is 10.2 Å². The molecule has 0 aliphatic heterocycles. The monoisotopic (exact) mass is 398 g/mol. The third-order valence-corrected chi connectivity index (χ3v) is 5.22. The van der Waals surface area contributed by atoms with Crippen molar-refractivity contribution in [3.05, 3.63) is 47.5 Å². The second-order valence-corrected chi connectivity index (χ2v) is 7.34. The molecule has 0 bridgehead atoms. The topological polar surface area (TPSA) is 71.2 Å². The summed E-state index contributed by atoms with van der Waals surface area (Å²) in [5.41, 5.74) is -2.61. The van der Waals surface area contributed by atoms with Gasteiger partial charge in [-0.3, -0.25) is 4.79 Å². The lowest BCUT2D eigenvalue weighted by Crippen LogP contribution is -2.48. The molecule has 0 aliphatic carbocycles. The Balaban J connectivity index is 1.80. The fourth-order valence-corrected chi connectivity index (χ4v) is 3.72. The van der Waals surface area contributed by atoms with E-state index in [1.54, 1.807) is 0 Å². The lowest BCUT2D eigenvalue weighted by Gasteiger charge is -2.30. The van der Waals surface area contributed by atoms with E-state index in [0.29, 0.717) is 5.01 Å². The first kappa shape index (κ1) is 19.3. The number of carbonyl (C=O) groups excluding carboxylic acids is 1. The molecule has 1 N–H and O–H groups in total. The van der Waals surface area contributed by atoms with Gasteiger partial charge < -0.3 is 14.6 Å². The quantitative estimate of drug-likeness (QED) is 0.718. The smallest absolute Gasteiger partial charge is 0.374 e. The van der Waals surface area contributed by atoms with Crippen LogP contribution in [-0.2, 0) is 24.0 Å². The Bertz CT molecular complexity index is 935. The largest absolute Gasteiger partial charge is 0.425 e. The summed E-state index contributed by atoms with van der Waals surface area (Å²) in [7, 11) is 2.71. The fourth-order valence-electron chi connectivity index (χ4n) is 2.70. The third kappa shape index (κ3) is 3.67. The maximum Gasteiger partial charge on any atom is 0.425 e. The van der Waals surface area contributed by atoms with Crippen LogP contribution in [0.5, 0.6) is 0 Å². The summed E-state index contributed by atoms with van der Waals surface area (Å²) in [5.74, 6) is -1.49. The number of benzene rings is 1. The van der Waals surface area contributed by atoms with Gasteiger partial charge in [-0.2, -0.15) is 13.2 Å². The summed E-state index contributed by atoms with van der Waals surface area (Å²) in [6.45, 7) is 0.0483. The van der Waals surface area contributed by atoms with E-state index in [-0.39, 0.29) is 6.54 Å². The molecule has 2 aromatic heterocycles. The number of halogens is 3. The summed E-state index contributed by atoms with van der Waals surface area (Å²) in [6, 6.07) is 7.38. The third-order valence-electron chi connectivity index (χ3n) is 4.20. The van der Waals surface area contributed by atoms with Gasteiger partial charge in [0.05, 0.1) is 23.2 Å². The molecule has 0 spiro atoms. The molecule has 3 aromatic rings. The van der Waals surface area contributed by atoms with Crippen LogP contribution in [0, 0.1) is 0 Å². The second kappa shape index (κ2) is 6.93. The molecule has 10 heteroatoms. The van der Waals surface area contributed by atoms with Crippen molar-refractivity contribution >= 4 is 27.5 Å². The Morgan fingerprint density at radius 2 is 2.04 bits per heavy atom. The van der Waals surface area contributed by atoms with Gasteiger partial charge in [0.25, 0.3) is 0 Å². The highest BCUT2D eigenvalue weighted by Gasteiger charge is 2.58. The van der Waals surface area contributed by atoms with Crippen LogP contribution in [0.1, 0.15) is 17.3 Å². The number of aromatic nitrogens is 3. The average Bonchev–Trinajstić information content (AvgIpc) is 3.18. The standard InChI is InChI=1S/C17H17F3N4O2S/c1-23-8-7-21-15(23)16(26,17(18,19)20)9-14(25)24(2)10-13-22-11-5-3-4-6-12(11)27-13/h3-8,26H,9-10H2,1-2H3/t16-/m0/s1. The highest BCUT2D eigenvalue weighted by molar-refractivity contribution is 7.18. The molecule has 6 nitrogen and oxygen atoms in total. The van der Waals surface area contributed by atoms with Crippen LogP contribution in [0.2, 0.25) is 0 Å². The van der Waals surface area contributed by atoms with Gasteiger partial charge in [-0.25, -0.2) is 9.97 Å². The summed E-state index contributed by atoms with van der Waals surface area (Å²) in [5, 5.41) is 10.9. The Kier molecular flexibility index (Phi) is 4.96. The number of imidazole rings is 1. The van der Waals surface area contributed by atoms with Crippen molar-refractivity contribution in [3.8, 4) is 0 Å². The van der Waals surface area contributed by atoms with Gasteiger partial charge in [-0.15, -0.1) is 11.3 Å². The Morgan fingerprint density at radius 1 is 1.33 bits per heavy atom. The molecule has 1 aromatic carbocycles. The highest BCUT2D eigenvalue weighted by Crippen LogP contribution is 2.41. The molecule has 144 valence electrons. The van der Waals surface area contributed by atoms with Gasteiger partial charge in [0.15, 0.2) is 5.82 Å². The minimum atomic E-state index is -5.06. The predicted octanol–water partition coefficient (Wildman–Crippen LogP) is 2.83. The molecule has 0 aliphatic rings. The minimum Gasteiger partial charge on any atom is -0.374 e. The first-order valence-corrected chi connectivity index (χ1v) is 8.79. The number of aryl methyl sites for hydroxylation is 1. The molecule has 27 heavy (non-hydrogen) atoms. The number of hydrogen-bond acceptors (Lipinski definition) is 5. The van der Waals surface area contributed by atoms with Crippen LogP contribution in [0.4, 0.5) is 13.2 Å². The van der Waals surface area contributed by atoms with Crippen LogP contribution >= 0.6 is 11.3 Å². The molecule has 1 amide bonds. The van der Waals surface area contributed by atoms with E-state index >= 15 is 0 Å². The molecular weight excluding hydrogens is 381 g/mol. The zero-order valence-electron chi connectivity index (χ0n) is 14.6. The lowest BCUT2D eigenvalue weighted by atomic mass is 9.97. The van der Waals surface area contributed by atoms with Crippen LogP contribution in [0.15, 0.2) is 36.7 Å². The van der Waals surface area contributed by atoms with E-state index in [2.05, 4.69) is 9.97 Å². The first-order chi connectivity index (χ1) is 12.6. The molecule has 3 rings (SSSR count). The van der Waals surface area contributed by atoms with Crippen molar-refractivity contribution in [1.82, 2.24) is 19.4 Å². The van der Waals surface area contributed by atoms with E-state index in [4.69, 9.17) is 0 Å². The molecule has 2 heterocycles. The van der Waals surface area contributed by atoms with Crippen molar-refractivity contribution in [3.63, 3.8) is 0 Å². The number of nitrogens with zero attached hydrogens (tertiary/aromatic N) is 4. The second-order valence-electron chi connectivity index (χ2n) is 6.22. The first-order valence-electron chi connectivity index (χ1n) is 7.97. The number of alkyl halides is 3. The summed E-state index contributed by atoms with van der Waals surface area (Å²) >= 11 is 1.36. The van der Waals surface area contributed by atoms with Gasteiger partial charge in [0.2, 0.25) is 11.5 Å². The van der Waals surface area contributed by atoms with Gasteiger partial charge >= 0.3 is 6.18 Å². The number of rotatable bonds is 5. The lowest BCUT2D eigenvalue weighted by molar-refractivity contribution is -0.271. The molecule has 0 unspecified atom stereocenters. The van der Waals surface area contributed by atoms with E-state index in [9.17, 15) is 23.1 Å². The number of aliphatic hydroxyl groups is 1. The zero-order chi connectivity index (χ0) is 19.8. The summed E-state index contributed by atoms with van der Waals surface area (Å²) < 4.78 is 42.6. The number of fused-ring (bicyclic) bond motifs is 1. The van der Waals surface area contributed by atoms with Crippen LogP contribution < -0.4 is 0 Å². The molecule has 0 saturated carbocycles. The van der Waals surface area contributed by atoms with E-state index in [0.717, 1.165) is 25.9 Å². The fraction of sp³-hybridized carbons (Fsp3) is 0.353. The highest BCUT2D eigenvalue weighted by atomic mass is 32.1. The Morgan fingerprint density at radius 3 is 2.63 bits per heavy atom. The van der Waals surface area contributed by atoms with Crippen molar-refractivity contribution in [2.24, 2.45) is 7.05 Å².